The van der Waals surface area contributed by atoms with E-state index in [4.69, 9.17) is 4.55 Å². The summed E-state index contributed by atoms with van der Waals surface area (Å²) >= 11 is 0. The molecular weight excluding hydrogens is 188 g/mol. The molecule has 0 heterocycles. The van der Waals surface area contributed by atoms with Gasteiger partial charge in [0.05, 0.1) is 4.91 Å². The second-order valence-corrected chi connectivity index (χ2v) is 3.91. The van der Waals surface area contributed by atoms with Crippen LogP contribution >= 0.6 is 0 Å². The summed E-state index contributed by atoms with van der Waals surface area (Å²) in [6.45, 7) is 5.10. The molecule has 0 aliphatic carbocycles. The fourth-order valence-electron chi connectivity index (χ4n) is 0.904. The Morgan fingerprint density at radius 3 is 1.92 bits per heavy atom. The summed E-state index contributed by atoms with van der Waals surface area (Å²) < 4.78 is 30.5. The van der Waals surface area contributed by atoms with E-state index in [1.54, 1.807) is 39.0 Å². The third-order valence-corrected chi connectivity index (χ3v) is 2.42. The van der Waals surface area contributed by atoms with Gasteiger partial charge < -0.3 is 0 Å². The molecule has 0 unspecified atom stereocenters. The molecule has 0 aliphatic heterocycles. The molecule has 3 nitrogen and oxygen atoms in total. The molecule has 0 atom stereocenters. The van der Waals surface area contributed by atoms with Crippen LogP contribution in [-0.2, 0) is 10.1 Å². The smallest absolute Gasteiger partial charge is 0.282 e. The zero-order valence-electron chi connectivity index (χ0n) is 7.98. The highest BCUT2D eigenvalue weighted by atomic mass is 32.2. The summed E-state index contributed by atoms with van der Waals surface area (Å²) in [5.74, 6) is 0. The average Bonchev–Trinajstić information content (AvgIpc) is 1.98. The lowest BCUT2D eigenvalue weighted by Crippen LogP contribution is -2.01. The monoisotopic (exact) mass is 202 g/mol. The van der Waals surface area contributed by atoms with Gasteiger partial charge >= 0.3 is 0 Å². The van der Waals surface area contributed by atoms with E-state index in [9.17, 15) is 8.42 Å². The van der Waals surface area contributed by atoms with Gasteiger partial charge in [0.1, 0.15) is 0 Å². The Kier molecular flexibility index (Phi) is 4.66. The maximum atomic E-state index is 10.9. The van der Waals surface area contributed by atoms with Crippen LogP contribution in [0.15, 0.2) is 34.8 Å². The molecule has 13 heavy (non-hydrogen) atoms. The van der Waals surface area contributed by atoms with Gasteiger partial charge in [0, 0.05) is 0 Å². The Morgan fingerprint density at radius 2 is 1.62 bits per heavy atom. The van der Waals surface area contributed by atoms with Gasteiger partial charge in [0.25, 0.3) is 10.1 Å². The van der Waals surface area contributed by atoms with Gasteiger partial charge in [-0.05, 0) is 32.4 Å². The van der Waals surface area contributed by atoms with Crippen LogP contribution in [0.1, 0.15) is 20.8 Å². The first-order chi connectivity index (χ1) is 5.93. The molecular formula is C9H14O3S. The first-order valence-corrected chi connectivity index (χ1v) is 5.31. The highest BCUT2D eigenvalue weighted by Crippen LogP contribution is 2.13. The molecule has 1 N–H and O–H groups in total. The molecule has 0 radical (unpaired) electrons. The van der Waals surface area contributed by atoms with Crippen molar-refractivity contribution in [2.24, 2.45) is 0 Å². The van der Waals surface area contributed by atoms with E-state index in [-0.39, 0.29) is 4.91 Å². The van der Waals surface area contributed by atoms with E-state index < -0.39 is 10.1 Å². The summed E-state index contributed by atoms with van der Waals surface area (Å²) in [5, 5.41) is 0. The van der Waals surface area contributed by atoms with Crippen LogP contribution in [0, 0.1) is 0 Å². The van der Waals surface area contributed by atoms with Crippen molar-refractivity contribution in [1.29, 1.82) is 0 Å². The van der Waals surface area contributed by atoms with E-state index in [1.165, 1.54) is 6.08 Å². The largest absolute Gasteiger partial charge is 0.294 e. The first-order valence-electron chi connectivity index (χ1n) is 3.87. The van der Waals surface area contributed by atoms with Crippen LogP contribution in [0.25, 0.3) is 0 Å². The number of hydrogen-bond donors (Lipinski definition) is 1. The van der Waals surface area contributed by atoms with Crippen LogP contribution in [0.2, 0.25) is 0 Å². The van der Waals surface area contributed by atoms with Crippen molar-refractivity contribution in [3.63, 3.8) is 0 Å². The zero-order chi connectivity index (χ0) is 10.5. The Morgan fingerprint density at radius 1 is 1.15 bits per heavy atom. The van der Waals surface area contributed by atoms with Crippen molar-refractivity contribution in [3.8, 4) is 0 Å². The highest BCUT2D eigenvalue weighted by Gasteiger charge is 2.11. The van der Waals surface area contributed by atoms with Crippen molar-refractivity contribution in [2.75, 3.05) is 0 Å². The zero-order valence-corrected chi connectivity index (χ0v) is 8.80. The molecule has 0 saturated carbocycles. The van der Waals surface area contributed by atoms with Gasteiger partial charge in [0.2, 0.25) is 0 Å². The van der Waals surface area contributed by atoms with Gasteiger partial charge in [-0.15, -0.1) is 0 Å². The number of hydrogen-bond acceptors (Lipinski definition) is 2. The lowest BCUT2D eigenvalue weighted by atomic mass is 10.2. The van der Waals surface area contributed by atoms with E-state index in [1.807, 2.05) is 0 Å². The maximum Gasteiger partial charge on any atom is 0.294 e. The Balaban J connectivity index is 5.39. The number of allylic oxidation sites excluding steroid dienone is 5. The predicted octanol–water partition coefficient (Wildman–Crippen LogP) is 2.30. The summed E-state index contributed by atoms with van der Waals surface area (Å²) in [6, 6.07) is 0. The molecule has 0 aromatic heterocycles. The van der Waals surface area contributed by atoms with E-state index >= 15 is 0 Å². The van der Waals surface area contributed by atoms with E-state index in [0.29, 0.717) is 5.57 Å². The predicted molar refractivity (Wildman–Crippen MR) is 53.9 cm³/mol. The molecule has 0 fully saturated rings. The Labute approximate surface area is 79.2 Å². The molecule has 0 aromatic carbocycles. The van der Waals surface area contributed by atoms with Crippen LogP contribution in [0.3, 0.4) is 0 Å². The molecule has 0 rings (SSSR count). The Hall–Kier alpha value is -0.870. The molecule has 0 aromatic rings. The quantitative estimate of drug-likeness (QED) is 0.564. The minimum atomic E-state index is -4.11. The summed E-state index contributed by atoms with van der Waals surface area (Å²) in [4.78, 5) is -0.0619. The van der Waals surface area contributed by atoms with Gasteiger partial charge in [0.15, 0.2) is 0 Å². The molecule has 0 amide bonds. The fraction of sp³-hybridized carbons (Fsp3) is 0.333. The first kappa shape index (κ1) is 12.1. The summed E-state index contributed by atoms with van der Waals surface area (Å²) in [7, 11) is -4.11. The fourth-order valence-corrected chi connectivity index (χ4v) is 1.69. The van der Waals surface area contributed by atoms with Crippen molar-refractivity contribution < 1.29 is 13.0 Å². The minimum Gasteiger partial charge on any atom is -0.282 e. The topological polar surface area (TPSA) is 54.4 Å². The summed E-state index contributed by atoms with van der Waals surface area (Å²) in [6.07, 6.45) is 6.27. The normalized spacial score (nSPS) is 15.4. The van der Waals surface area contributed by atoms with Crippen LogP contribution < -0.4 is 0 Å². The van der Waals surface area contributed by atoms with Crippen molar-refractivity contribution >= 4 is 10.1 Å². The molecule has 0 aliphatic rings. The molecule has 74 valence electrons. The average molecular weight is 202 g/mol. The van der Waals surface area contributed by atoms with Gasteiger partial charge in [-0.3, -0.25) is 4.55 Å². The van der Waals surface area contributed by atoms with Crippen LogP contribution in [0.5, 0.6) is 0 Å². The van der Waals surface area contributed by atoms with Crippen LogP contribution in [0.4, 0.5) is 0 Å². The lowest BCUT2D eigenvalue weighted by Gasteiger charge is -2.00. The minimum absolute atomic E-state index is 0.0619. The van der Waals surface area contributed by atoms with E-state index in [0.717, 1.165) is 0 Å². The molecule has 0 spiro atoms. The van der Waals surface area contributed by atoms with Crippen LogP contribution in [-0.4, -0.2) is 13.0 Å². The summed E-state index contributed by atoms with van der Waals surface area (Å²) in [5.41, 5.74) is 0.517. The van der Waals surface area contributed by atoms with Crippen molar-refractivity contribution in [1.82, 2.24) is 0 Å². The standard InChI is InChI=1S/C9H14O3S/c1-4-6-8(3)9(7-5-2)13(10,11)12/h4-7H,1-3H3,(H,10,11,12)/b6-4-,7-5-,9-8+. The third-order valence-electron chi connectivity index (χ3n) is 1.40. The van der Waals surface area contributed by atoms with Crippen molar-refractivity contribution in [3.05, 3.63) is 34.8 Å². The second-order valence-electron chi connectivity index (χ2n) is 2.52. The molecule has 0 saturated heterocycles. The Bertz CT molecular complexity index is 345. The molecule has 4 heteroatoms. The van der Waals surface area contributed by atoms with Gasteiger partial charge in [-0.25, -0.2) is 0 Å². The molecule has 0 bridgehead atoms. The van der Waals surface area contributed by atoms with E-state index in [2.05, 4.69) is 0 Å². The third kappa shape index (κ3) is 4.05. The lowest BCUT2D eigenvalue weighted by molar-refractivity contribution is 0.492. The van der Waals surface area contributed by atoms with Gasteiger partial charge in [-0.1, -0.05) is 18.2 Å². The van der Waals surface area contributed by atoms with Gasteiger partial charge in [-0.2, -0.15) is 8.42 Å². The van der Waals surface area contributed by atoms with Crippen molar-refractivity contribution in [2.45, 2.75) is 20.8 Å². The SMILES string of the molecule is C\C=C/C(C)=C(\C=C/C)S(=O)(=O)O. The maximum absolute atomic E-state index is 10.9. The number of rotatable bonds is 3. The highest BCUT2D eigenvalue weighted by molar-refractivity contribution is 7.90. The second kappa shape index (κ2) is 4.99.